The van der Waals surface area contributed by atoms with Crippen molar-refractivity contribution in [1.29, 1.82) is 5.26 Å². The number of ketones is 2. The van der Waals surface area contributed by atoms with Gasteiger partial charge in [-0.25, -0.2) is 4.79 Å². The van der Waals surface area contributed by atoms with Crippen molar-refractivity contribution in [1.82, 2.24) is 0 Å². The quantitative estimate of drug-likeness (QED) is 0.0596. The number of hydrogen-bond acceptors (Lipinski definition) is 13. The first-order chi connectivity index (χ1) is 39.0. The highest BCUT2D eigenvalue weighted by molar-refractivity contribution is 6.74. The van der Waals surface area contributed by atoms with Gasteiger partial charge in [-0.15, -0.1) is 0 Å². The fraction of sp³-hybridized carbons (Fsp3) is 0.426. The zero-order valence-electron chi connectivity index (χ0n) is 51.9. The number of fused-ring (bicyclic) bond motifs is 3. The SMILES string of the molecule is C/C=C/c1c(C)cc2c(C=O)c3c(c(O)c2c1C)C(=O)[C@@H](O[Si](C)(C)C(C)(C)C)C[C@@H]3OCc1ccc(OC)cc1.C/C=C/c1c(C)cc2c(c1C)C(=O)OC2C#N.COc1ccc(CO[C@@H]2C=CC(=O)[C@@H](O[Si](C)(C)C(C)(C)C)C2)cc1. The molecular weight excluding hydrogens is 1080 g/mol. The van der Waals surface area contributed by atoms with Crippen molar-refractivity contribution in [2.75, 3.05) is 14.2 Å². The van der Waals surface area contributed by atoms with E-state index in [1.807, 2.05) is 139 Å². The summed E-state index contributed by atoms with van der Waals surface area (Å²) in [6, 6.07) is 21.2. The van der Waals surface area contributed by atoms with Gasteiger partial charge in [-0.2, -0.15) is 5.26 Å². The summed E-state index contributed by atoms with van der Waals surface area (Å²) < 4.78 is 40.9. The highest BCUT2D eigenvalue weighted by Gasteiger charge is 2.47. The van der Waals surface area contributed by atoms with Crippen molar-refractivity contribution in [2.24, 2.45) is 0 Å². The van der Waals surface area contributed by atoms with Crippen LogP contribution in [0.15, 0.2) is 85.0 Å². The predicted octanol–water partition coefficient (Wildman–Crippen LogP) is 15.8. The van der Waals surface area contributed by atoms with E-state index in [2.05, 4.69) is 67.7 Å². The lowest BCUT2D eigenvalue weighted by atomic mass is 9.79. The number of benzene rings is 5. The smallest absolute Gasteiger partial charge is 0.340 e. The maximum absolute atomic E-state index is 14.2. The molecule has 83 heavy (non-hydrogen) atoms. The molecule has 5 aromatic carbocycles. The molecule has 0 amide bonds. The van der Waals surface area contributed by atoms with Crippen LogP contribution in [-0.2, 0) is 41.1 Å². The molecule has 0 spiro atoms. The Kier molecular flexibility index (Phi) is 21.2. The van der Waals surface area contributed by atoms with Gasteiger partial charge in [-0.3, -0.25) is 14.4 Å². The van der Waals surface area contributed by atoms with Crippen LogP contribution in [0, 0.1) is 39.0 Å². The van der Waals surface area contributed by atoms with Crippen LogP contribution < -0.4 is 9.47 Å². The fourth-order valence-corrected chi connectivity index (χ4v) is 12.7. The number of rotatable bonds is 15. The summed E-state index contributed by atoms with van der Waals surface area (Å²) in [5, 5.41) is 21.8. The summed E-state index contributed by atoms with van der Waals surface area (Å²) in [5.41, 5.74) is 9.92. The average Bonchev–Trinajstić information content (AvgIpc) is 3.10. The molecule has 0 saturated heterocycles. The number of ether oxygens (including phenoxy) is 5. The minimum absolute atomic E-state index is 0.0501. The molecule has 1 heterocycles. The number of hydrogen-bond donors (Lipinski definition) is 1. The largest absolute Gasteiger partial charge is 0.507 e. The molecule has 1 unspecified atom stereocenters. The molecule has 0 fully saturated rings. The van der Waals surface area contributed by atoms with E-state index in [1.165, 1.54) is 0 Å². The van der Waals surface area contributed by atoms with Crippen molar-refractivity contribution < 1.29 is 56.8 Å². The molecule has 2 aliphatic carbocycles. The molecule has 0 bridgehead atoms. The van der Waals surface area contributed by atoms with Crippen LogP contribution in [0.5, 0.6) is 17.2 Å². The molecule has 0 radical (unpaired) electrons. The molecule has 442 valence electrons. The van der Waals surface area contributed by atoms with Gasteiger partial charge in [0.05, 0.1) is 50.8 Å². The third-order valence-corrected chi connectivity index (χ3v) is 25.9. The number of Topliss-reactive ketones (excluding diaryl/α,β-unsaturated/α-hetero) is 1. The molecule has 15 heteroatoms. The number of phenolic OH excluding ortho intramolecular Hbond substituents is 1. The van der Waals surface area contributed by atoms with Crippen molar-refractivity contribution in [2.45, 2.75) is 176 Å². The normalized spacial score (nSPS) is 18.9. The van der Waals surface area contributed by atoms with Crippen molar-refractivity contribution in [3.05, 3.63) is 157 Å². The first-order valence-corrected chi connectivity index (χ1v) is 34.2. The van der Waals surface area contributed by atoms with Gasteiger partial charge in [-0.05, 0) is 170 Å². The van der Waals surface area contributed by atoms with Crippen LogP contribution in [0.25, 0.3) is 22.9 Å². The number of aryl methyl sites for hydroxylation is 3. The minimum Gasteiger partial charge on any atom is -0.507 e. The maximum atomic E-state index is 14.2. The van der Waals surface area contributed by atoms with E-state index >= 15 is 0 Å². The lowest BCUT2D eigenvalue weighted by Gasteiger charge is -2.41. The number of phenols is 1. The highest BCUT2D eigenvalue weighted by Crippen LogP contribution is 2.49. The van der Waals surface area contributed by atoms with E-state index in [0.29, 0.717) is 46.1 Å². The third-order valence-electron chi connectivity index (χ3n) is 16.9. The monoisotopic (exact) mass is 1160 g/mol. The molecular formula is C68H85NO12Si2. The minimum atomic E-state index is -2.36. The summed E-state index contributed by atoms with van der Waals surface area (Å²) in [4.78, 5) is 50.9. The number of nitrogens with zero attached hydrogens (tertiary/aromatic N) is 1. The molecule has 5 aromatic rings. The summed E-state index contributed by atoms with van der Waals surface area (Å²) >= 11 is 0. The maximum Gasteiger partial charge on any atom is 0.340 e. The summed E-state index contributed by atoms with van der Waals surface area (Å²) in [6.07, 6.45) is 10.2. The zero-order chi connectivity index (χ0) is 61.5. The second-order valence-electron chi connectivity index (χ2n) is 24.6. The number of aromatic hydroxyl groups is 1. The highest BCUT2D eigenvalue weighted by atomic mass is 28.4. The third kappa shape index (κ3) is 14.6. The molecule has 5 atom stereocenters. The van der Waals surface area contributed by atoms with Gasteiger partial charge in [-0.1, -0.05) is 96.2 Å². The summed E-state index contributed by atoms with van der Waals surface area (Å²) in [5.74, 6) is 0.811. The predicted molar refractivity (Wildman–Crippen MR) is 334 cm³/mol. The van der Waals surface area contributed by atoms with E-state index in [4.69, 9.17) is 37.8 Å². The van der Waals surface area contributed by atoms with Gasteiger partial charge >= 0.3 is 5.97 Å². The Morgan fingerprint density at radius 3 is 1.69 bits per heavy atom. The van der Waals surface area contributed by atoms with Gasteiger partial charge in [0, 0.05) is 34.9 Å². The molecule has 3 aliphatic rings. The van der Waals surface area contributed by atoms with E-state index in [9.17, 15) is 24.3 Å². The number of allylic oxidation sites excluding steroid dienone is 2. The van der Waals surface area contributed by atoms with E-state index in [-0.39, 0.29) is 52.1 Å². The number of carbonyl (C=O) groups excluding carboxylic acids is 4. The topological polar surface area (TPSA) is 177 Å². The van der Waals surface area contributed by atoms with Crippen LogP contribution in [-0.4, -0.2) is 78.1 Å². The number of aldehydes is 1. The summed E-state index contributed by atoms with van der Waals surface area (Å²) in [7, 11) is -1.08. The zero-order valence-corrected chi connectivity index (χ0v) is 53.9. The number of esters is 1. The Balaban J connectivity index is 0.000000222. The molecule has 1 aliphatic heterocycles. The van der Waals surface area contributed by atoms with Crippen molar-refractivity contribution in [3.63, 3.8) is 0 Å². The van der Waals surface area contributed by atoms with Crippen molar-refractivity contribution >= 4 is 63.4 Å². The van der Waals surface area contributed by atoms with Crippen LogP contribution in [0.3, 0.4) is 0 Å². The lowest BCUT2D eigenvalue weighted by molar-refractivity contribution is -0.124. The Labute approximate surface area is 493 Å². The average molecular weight is 1160 g/mol. The standard InChI is InChI=1S/C34H42O6Si.C20H30O4Si.C14H13NO2/c1-10-11-24-20(2)16-25-26(18-35)30-27(39-19-22-12-14-23(38-7)15-13-22)17-28(40-41(8,9)34(4,5)6)32(36)31(30)33(37)29(25)21(24)3;1-20(2,3)25(5,6)24-19-13-17(11-12-18(19)21)23-14-15-7-9-16(22-4)10-8-15;1-4-5-10-8(2)6-11-12(7-15)17-14(16)13(11)9(10)3/h10-16,18,27-28,37H,17,19H2,1-9H3;7-12,17,19H,13-14H2,1-6H3;4-6,12H,1-3H3/b11-10+;;5-4+/t27-,28-;17-,19+;/m01./s1. The molecule has 13 nitrogen and oxygen atoms in total. The first-order valence-electron chi connectivity index (χ1n) is 28.4. The number of carbonyl (C=O) groups is 4. The van der Waals surface area contributed by atoms with E-state index < -0.39 is 47.0 Å². The number of nitriles is 1. The molecule has 1 N–H and O–H groups in total. The molecule has 0 aromatic heterocycles. The fourth-order valence-electron chi connectivity index (χ4n) is 10.1. The van der Waals surface area contributed by atoms with Gasteiger partial charge < -0.3 is 37.6 Å². The molecule has 0 saturated carbocycles. The van der Waals surface area contributed by atoms with Crippen LogP contribution in [0.4, 0.5) is 0 Å². The Morgan fingerprint density at radius 1 is 0.687 bits per heavy atom. The summed E-state index contributed by atoms with van der Waals surface area (Å²) in [6.45, 7) is 33.9. The lowest BCUT2D eigenvalue weighted by Crippen LogP contribution is -2.48. The van der Waals surface area contributed by atoms with Gasteiger partial charge in [0.1, 0.15) is 35.5 Å². The van der Waals surface area contributed by atoms with Crippen molar-refractivity contribution in [3.8, 4) is 23.3 Å². The Morgan fingerprint density at radius 2 is 1.19 bits per heavy atom. The van der Waals surface area contributed by atoms with E-state index in [0.717, 1.165) is 62.3 Å². The Bertz CT molecular complexity index is 3350. The van der Waals surface area contributed by atoms with Crippen LogP contribution in [0.2, 0.25) is 36.3 Å². The van der Waals surface area contributed by atoms with Gasteiger partial charge in [0.2, 0.25) is 6.10 Å². The van der Waals surface area contributed by atoms with Gasteiger partial charge in [0.25, 0.3) is 0 Å². The van der Waals surface area contributed by atoms with Crippen LogP contribution in [0.1, 0.15) is 167 Å². The second kappa shape index (κ2) is 26.9. The Hall–Kier alpha value is -6.78. The number of methoxy groups -OCH3 is 2. The number of cyclic esters (lactones) is 1. The molecule has 8 rings (SSSR count). The van der Waals surface area contributed by atoms with E-state index in [1.54, 1.807) is 20.3 Å². The van der Waals surface area contributed by atoms with Crippen LogP contribution >= 0.6 is 0 Å². The second-order valence-corrected chi connectivity index (χ2v) is 34.1. The first kappa shape index (κ1) is 65.4. The van der Waals surface area contributed by atoms with Gasteiger partial charge in [0.15, 0.2) is 34.5 Å².